The van der Waals surface area contributed by atoms with Crippen LogP contribution in [0.5, 0.6) is 0 Å². The lowest BCUT2D eigenvalue weighted by Gasteiger charge is -2.47. The number of amides is 1. The molecule has 14 heteroatoms. The van der Waals surface area contributed by atoms with Crippen LogP contribution in [0.25, 0.3) is 0 Å². The van der Waals surface area contributed by atoms with Gasteiger partial charge in [0, 0.05) is 34.6 Å². The van der Waals surface area contributed by atoms with Gasteiger partial charge in [-0.15, -0.1) is 0 Å². The molecule has 1 aliphatic rings. The third kappa shape index (κ3) is 7.95. The summed E-state index contributed by atoms with van der Waals surface area (Å²) in [6, 6.07) is -1.31. The summed E-state index contributed by atoms with van der Waals surface area (Å²) in [5, 5.41) is 13.1. The molecule has 0 radical (unpaired) electrons. The van der Waals surface area contributed by atoms with Crippen molar-refractivity contribution in [3.8, 4) is 0 Å². The summed E-state index contributed by atoms with van der Waals surface area (Å²) >= 11 is 0. The SMILES string of the molecule is COC(=O)[C@]1(OC(C)=O)C[C@H](OC(C)=O)[C@@H](NC(C)=O)[C@H]([C@H](OC(C)=O)[C@H](O)COC(C)=O)O1. The van der Waals surface area contributed by atoms with E-state index in [-0.39, 0.29) is 0 Å². The van der Waals surface area contributed by atoms with E-state index in [2.05, 4.69) is 5.32 Å². The van der Waals surface area contributed by atoms with Crippen molar-refractivity contribution in [2.45, 2.75) is 77.3 Å². The van der Waals surface area contributed by atoms with Crippen LogP contribution in [0.1, 0.15) is 41.0 Å². The molecule has 1 amide bonds. The zero-order chi connectivity index (χ0) is 26.2. The number of aliphatic hydroxyl groups excluding tert-OH is 1. The second kappa shape index (κ2) is 12.3. The monoisotopic (exact) mass is 491 g/mol. The average Bonchev–Trinajstić information content (AvgIpc) is 2.70. The molecule has 0 unspecified atom stereocenters. The standard InChI is InChI=1S/C20H29NO13/c1-9(22)21-16-15(31-11(3)24)7-20(19(28)29-6,33-13(5)26)34-18(16)17(32-12(4)25)14(27)8-30-10(2)23/h14-18,27H,7-8H2,1-6H3,(H,21,22)/t14-,15+,16-,17-,18-,20+/m1/s1. The second-order valence-corrected chi connectivity index (χ2v) is 7.44. The molecule has 1 saturated heterocycles. The van der Waals surface area contributed by atoms with Crippen molar-refractivity contribution < 1.29 is 62.3 Å². The number of hydrogen-bond acceptors (Lipinski definition) is 13. The third-order valence-corrected chi connectivity index (χ3v) is 4.51. The first-order valence-electron chi connectivity index (χ1n) is 10.1. The summed E-state index contributed by atoms with van der Waals surface area (Å²) in [5.41, 5.74) is 0. The third-order valence-electron chi connectivity index (χ3n) is 4.51. The van der Waals surface area contributed by atoms with Gasteiger partial charge in [-0.2, -0.15) is 0 Å². The van der Waals surface area contributed by atoms with E-state index in [1.807, 2.05) is 0 Å². The Hall–Kier alpha value is -3.26. The largest absolute Gasteiger partial charge is 0.464 e. The average molecular weight is 491 g/mol. The topological polar surface area (TPSA) is 190 Å². The van der Waals surface area contributed by atoms with Crippen LogP contribution in [0.2, 0.25) is 0 Å². The van der Waals surface area contributed by atoms with Crippen molar-refractivity contribution in [3.63, 3.8) is 0 Å². The van der Waals surface area contributed by atoms with E-state index in [4.69, 9.17) is 28.4 Å². The van der Waals surface area contributed by atoms with Gasteiger partial charge < -0.3 is 38.8 Å². The first kappa shape index (κ1) is 28.8. The Morgan fingerprint density at radius 1 is 1.00 bits per heavy atom. The van der Waals surface area contributed by atoms with Crippen molar-refractivity contribution in [2.24, 2.45) is 0 Å². The maximum Gasteiger partial charge on any atom is 0.379 e. The summed E-state index contributed by atoms with van der Waals surface area (Å²) in [4.78, 5) is 71.2. The molecule has 0 aliphatic carbocycles. The smallest absolute Gasteiger partial charge is 0.379 e. The number of ether oxygens (including phenoxy) is 6. The Labute approximate surface area is 195 Å². The molecule has 0 aromatic rings. The summed E-state index contributed by atoms with van der Waals surface area (Å²) < 4.78 is 30.8. The zero-order valence-corrected chi connectivity index (χ0v) is 19.6. The molecule has 0 bridgehead atoms. The predicted molar refractivity (Wildman–Crippen MR) is 107 cm³/mol. The molecule has 1 fully saturated rings. The molecule has 14 nitrogen and oxygen atoms in total. The summed E-state index contributed by atoms with van der Waals surface area (Å²) in [6.07, 6.45) is -7.08. The summed E-state index contributed by atoms with van der Waals surface area (Å²) in [5.74, 6) is -7.82. The Kier molecular flexibility index (Phi) is 10.4. The Bertz CT molecular complexity index is 812. The van der Waals surface area contributed by atoms with Crippen LogP contribution in [0.15, 0.2) is 0 Å². The van der Waals surface area contributed by atoms with Gasteiger partial charge in [0.1, 0.15) is 24.9 Å². The number of nitrogens with one attached hydrogen (secondary N) is 1. The Morgan fingerprint density at radius 2 is 1.62 bits per heavy atom. The zero-order valence-electron chi connectivity index (χ0n) is 19.6. The number of rotatable bonds is 9. The van der Waals surface area contributed by atoms with Crippen molar-refractivity contribution in [1.82, 2.24) is 5.32 Å². The quantitative estimate of drug-likeness (QED) is 0.280. The second-order valence-electron chi connectivity index (χ2n) is 7.44. The molecule has 1 rings (SSSR count). The minimum atomic E-state index is -2.50. The normalized spacial score (nSPS) is 25.7. The number of methoxy groups -OCH3 is 1. The highest BCUT2D eigenvalue weighted by molar-refractivity contribution is 5.82. The first-order valence-corrected chi connectivity index (χ1v) is 10.1. The van der Waals surface area contributed by atoms with Crippen LogP contribution in [-0.4, -0.2) is 90.8 Å². The molecule has 0 spiro atoms. The maximum absolute atomic E-state index is 12.7. The summed E-state index contributed by atoms with van der Waals surface area (Å²) in [7, 11) is 0.978. The van der Waals surface area contributed by atoms with E-state index >= 15 is 0 Å². The van der Waals surface area contributed by atoms with E-state index in [0.717, 1.165) is 41.7 Å². The van der Waals surface area contributed by atoms with Gasteiger partial charge in [0.05, 0.1) is 19.6 Å². The first-order chi connectivity index (χ1) is 15.7. The van der Waals surface area contributed by atoms with Crippen LogP contribution in [0, 0.1) is 0 Å². The van der Waals surface area contributed by atoms with Gasteiger partial charge in [-0.3, -0.25) is 24.0 Å². The van der Waals surface area contributed by atoms with E-state index in [0.29, 0.717) is 0 Å². The van der Waals surface area contributed by atoms with Gasteiger partial charge in [-0.05, 0) is 0 Å². The molecule has 1 heterocycles. The fourth-order valence-electron chi connectivity index (χ4n) is 3.43. The van der Waals surface area contributed by atoms with Gasteiger partial charge >= 0.3 is 35.6 Å². The Balaban J connectivity index is 3.66. The molecule has 0 aromatic carbocycles. The molecular weight excluding hydrogens is 462 g/mol. The van der Waals surface area contributed by atoms with Crippen molar-refractivity contribution in [3.05, 3.63) is 0 Å². The number of esters is 5. The van der Waals surface area contributed by atoms with Crippen LogP contribution in [-0.2, 0) is 57.2 Å². The number of aliphatic hydroxyl groups is 1. The van der Waals surface area contributed by atoms with Crippen LogP contribution >= 0.6 is 0 Å². The maximum atomic E-state index is 12.7. The highest BCUT2D eigenvalue weighted by Gasteiger charge is 2.60. The number of carbonyl (C=O) groups is 6. The molecule has 1 aliphatic heterocycles. The Morgan fingerprint density at radius 3 is 2.06 bits per heavy atom. The van der Waals surface area contributed by atoms with Gasteiger partial charge in [-0.1, -0.05) is 0 Å². The van der Waals surface area contributed by atoms with E-state index in [9.17, 15) is 33.9 Å². The number of carbonyl (C=O) groups excluding carboxylic acids is 6. The van der Waals surface area contributed by atoms with Gasteiger partial charge in [-0.25, -0.2) is 4.79 Å². The van der Waals surface area contributed by atoms with E-state index in [1.54, 1.807) is 0 Å². The fraction of sp³-hybridized carbons (Fsp3) is 0.700. The van der Waals surface area contributed by atoms with Crippen LogP contribution in [0.3, 0.4) is 0 Å². The van der Waals surface area contributed by atoms with Gasteiger partial charge in [0.2, 0.25) is 5.91 Å². The minimum absolute atomic E-state index is 0.604. The van der Waals surface area contributed by atoms with Crippen molar-refractivity contribution >= 4 is 35.8 Å². The lowest BCUT2D eigenvalue weighted by Crippen LogP contribution is -2.69. The van der Waals surface area contributed by atoms with E-state index in [1.165, 1.54) is 0 Å². The predicted octanol–water partition coefficient (Wildman–Crippen LogP) is -1.50. The molecule has 2 N–H and O–H groups in total. The van der Waals surface area contributed by atoms with Crippen LogP contribution in [0.4, 0.5) is 0 Å². The van der Waals surface area contributed by atoms with E-state index < -0.39 is 85.0 Å². The summed E-state index contributed by atoms with van der Waals surface area (Å²) in [6.45, 7) is 4.57. The van der Waals surface area contributed by atoms with Crippen LogP contribution < -0.4 is 5.32 Å². The molecule has 6 atom stereocenters. The molecule has 192 valence electrons. The minimum Gasteiger partial charge on any atom is -0.464 e. The highest BCUT2D eigenvalue weighted by Crippen LogP contribution is 2.36. The molecule has 34 heavy (non-hydrogen) atoms. The lowest BCUT2D eigenvalue weighted by atomic mass is 9.88. The number of hydrogen-bond donors (Lipinski definition) is 2. The lowest BCUT2D eigenvalue weighted by molar-refractivity contribution is -0.303. The molecular formula is C20H29NO13. The molecule has 0 saturated carbocycles. The highest BCUT2D eigenvalue weighted by atomic mass is 16.8. The van der Waals surface area contributed by atoms with Crippen molar-refractivity contribution in [2.75, 3.05) is 13.7 Å². The fourth-order valence-corrected chi connectivity index (χ4v) is 3.43. The van der Waals surface area contributed by atoms with Crippen molar-refractivity contribution in [1.29, 1.82) is 0 Å². The van der Waals surface area contributed by atoms with Gasteiger partial charge in [0.15, 0.2) is 6.10 Å². The van der Waals surface area contributed by atoms with Gasteiger partial charge in [0.25, 0.3) is 0 Å². The molecule has 0 aromatic heterocycles.